The highest BCUT2D eigenvalue weighted by atomic mass is 16.5. The first-order valence-corrected chi connectivity index (χ1v) is 10.6. The van der Waals surface area contributed by atoms with Crippen LogP contribution in [0.2, 0.25) is 0 Å². The number of nitrogens with one attached hydrogen (secondary N) is 2. The summed E-state index contributed by atoms with van der Waals surface area (Å²) >= 11 is 0. The molecular formula is C22H31N5O3. The Morgan fingerprint density at radius 3 is 2.53 bits per heavy atom. The summed E-state index contributed by atoms with van der Waals surface area (Å²) in [4.78, 5) is 27.3. The number of anilines is 1. The van der Waals surface area contributed by atoms with Crippen molar-refractivity contribution in [3.63, 3.8) is 0 Å². The highest BCUT2D eigenvalue weighted by Gasteiger charge is 2.24. The predicted octanol–water partition coefficient (Wildman–Crippen LogP) is 2.45. The van der Waals surface area contributed by atoms with Gasteiger partial charge in [0.25, 0.3) is 0 Å². The number of para-hydroxylation sites is 1. The van der Waals surface area contributed by atoms with Crippen molar-refractivity contribution < 1.29 is 14.3 Å². The maximum absolute atomic E-state index is 12.8. The first-order chi connectivity index (χ1) is 14.5. The maximum Gasteiger partial charge on any atom is 0.343 e. The third kappa shape index (κ3) is 5.67. The number of nitrogens with zero attached hydrogens (tertiary/aromatic N) is 3. The molecule has 3 rings (SSSR count). The number of piperidine rings is 1. The average molecular weight is 414 g/mol. The molecule has 1 aromatic heterocycles. The second-order valence-electron chi connectivity index (χ2n) is 7.79. The molecule has 0 saturated carbocycles. The van der Waals surface area contributed by atoms with E-state index in [0.29, 0.717) is 17.9 Å². The minimum Gasteiger partial charge on any atom is -0.462 e. The molecule has 0 unspecified atom stereocenters. The fourth-order valence-electron chi connectivity index (χ4n) is 3.70. The third-order valence-corrected chi connectivity index (χ3v) is 5.05. The van der Waals surface area contributed by atoms with Gasteiger partial charge >= 0.3 is 5.97 Å². The van der Waals surface area contributed by atoms with E-state index >= 15 is 0 Å². The Kier molecular flexibility index (Phi) is 7.59. The van der Waals surface area contributed by atoms with Crippen LogP contribution in [-0.2, 0) is 9.53 Å². The molecule has 1 aliphatic rings. The van der Waals surface area contributed by atoms with Crippen LogP contribution in [-0.4, -0.2) is 64.9 Å². The summed E-state index contributed by atoms with van der Waals surface area (Å²) in [6, 6.07) is 10.3. The number of amides is 1. The van der Waals surface area contributed by atoms with Crippen LogP contribution in [0.1, 0.15) is 44.0 Å². The van der Waals surface area contributed by atoms with Crippen molar-refractivity contribution in [3.05, 3.63) is 42.1 Å². The molecule has 2 heterocycles. The van der Waals surface area contributed by atoms with Crippen LogP contribution in [0.4, 0.5) is 5.82 Å². The smallest absolute Gasteiger partial charge is 0.343 e. The Morgan fingerprint density at radius 2 is 1.90 bits per heavy atom. The van der Waals surface area contributed by atoms with Crippen molar-refractivity contribution in [2.24, 2.45) is 0 Å². The first kappa shape index (κ1) is 22.0. The molecule has 0 atom stereocenters. The number of benzene rings is 1. The Balaban J connectivity index is 1.69. The fourth-order valence-corrected chi connectivity index (χ4v) is 3.70. The topological polar surface area (TPSA) is 88.5 Å². The van der Waals surface area contributed by atoms with Crippen LogP contribution in [0.5, 0.6) is 0 Å². The van der Waals surface area contributed by atoms with Crippen molar-refractivity contribution >= 4 is 17.7 Å². The van der Waals surface area contributed by atoms with Gasteiger partial charge in [0.2, 0.25) is 5.91 Å². The molecule has 1 amide bonds. The molecule has 8 heteroatoms. The molecular weight excluding hydrogens is 382 g/mol. The van der Waals surface area contributed by atoms with Crippen molar-refractivity contribution in [1.82, 2.24) is 20.0 Å². The standard InChI is InChI=1S/C22H31N5O3/c1-4-30-22(29)19-14-23-27(18-8-6-5-7-9-18)21(19)25-20(28)15-26-12-10-17(11-13-26)24-16(2)3/h5-9,14,16-17,24H,4,10-13,15H2,1-3H3,(H,25,28). The minimum absolute atomic E-state index is 0.173. The summed E-state index contributed by atoms with van der Waals surface area (Å²) in [6.45, 7) is 8.29. The number of esters is 1. The van der Waals surface area contributed by atoms with Crippen molar-refractivity contribution in [1.29, 1.82) is 0 Å². The van der Waals surface area contributed by atoms with Gasteiger partial charge in [-0.1, -0.05) is 32.0 Å². The molecule has 0 bridgehead atoms. The van der Waals surface area contributed by atoms with Crippen LogP contribution in [0, 0.1) is 0 Å². The summed E-state index contributed by atoms with van der Waals surface area (Å²) in [7, 11) is 0. The molecule has 1 fully saturated rings. The lowest BCUT2D eigenvalue weighted by Gasteiger charge is -2.33. The van der Waals surface area contributed by atoms with E-state index < -0.39 is 5.97 Å². The van der Waals surface area contributed by atoms with Gasteiger partial charge in [0, 0.05) is 25.2 Å². The zero-order valence-corrected chi connectivity index (χ0v) is 17.9. The van der Waals surface area contributed by atoms with Crippen molar-refractivity contribution in [2.75, 3.05) is 31.6 Å². The van der Waals surface area contributed by atoms with Crippen LogP contribution < -0.4 is 10.6 Å². The molecule has 2 aromatic rings. The number of likely N-dealkylation sites (tertiary alicyclic amines) is 1. The number of carbonyl (C=O) groups is 2. The van der Waals surface area contributed by atoms with E-state index in [0.717, 1.165) is 31.6 Å². The molecule has 162 valence electrons. The van der Waals surface area contributed by atoms with E-state index in [1.54, 1.807) is 11.6 Å². The lowest BCUT2D eigenvalue weighted by molar-refractivity contribution is -0.117. The van der Waals surface area contributed by atoms with Gasteiger partial charge in [0.05, 0.1) is 25.0 Å². The number of hydrogen-bond acceptors (Lipinski definition) is 6. The largest absolute Gasteiger partial charge is 0.462 e. The van der Waals surface area contributed by atoms with E-state index in [2.05, 4.69) is 34.5 Å². The monoisotopic (exact) mass is 413 g/mol. The Bertz CT molecular complexity index is 842. The van der Waals surface area contributed by atoms with Gasteiger partial charge in [0.15, 0.2) is 5.82 Å². The van der Waals surface area contributed by atoms with E-state index in [9.17, 15) is 9.59 Å². The van der Waals surface area contributed by atoms with Crippen LogP contribution in [0.25, 0.3) is 5.69 Å². The molecule has 8 nitrogen and oxygen atoms in total. The van der Waals surface area contributed by atoms with Crippen LogP contribution in [0.3, 0.4) is 0 Å². The molecule has 2 N–H and O–H groups in total. The minimum atomic E-state index is -0.504. The number of hydrogen-bond donors (Lipinski definition) is 2. The Hall–Kier alpha value is -2.71. The van der Waals surface area contributed by atoms with Gasteiger partial charge in [0.1, 0.15) is 5.56 Å². The highest BCUT2D eigenvalue weighted by Crippen LogP contribution is 2.21. The van der Waals surface area contributed by atoms with Gasteiger partial charge in [-0.15, -0.1) is 0 Å². The summed E-state index contributed by atoms with van der Waals surface area (Å²) in [5, 5.41) is 10.8. The first-order valence-electron chi connectivity index (χ1n) is 10.6. The van der Waals surface area contributed by atoms with Gasteiger partial charge in [-0.3, -0.25) is 9.69 Å². The summed E-state index contributed by atoms with van der Waals surface area (Å²) in [6.07, 6.45) is 3.46. The predicted molar refractivity (Wildman–Crippen MR) is 116 cm³/mol. The van der Waals surface area contributed by atoms with Crippen LogP contribution in [0.15, 0.2) is 36.5 Å². The van der Waals surface area contributed by atoms with Crippen molar-refractivity contribution in [3.8, 4) is 5.69 Å². The quantitative estimate of drug-likeness (QED) is 0.647. The summed E-state index contributed by atoms with van der Waals surface area (Å²) in [5.41, 5.74) is 0.998. The fraction of sp³-hybridized carbons (Fsp3) is 0.500. The Labute approximate surface area is 177 Å². The van der Waals surface area contributed by atoms with E-state index in [1.165, 1.54) is 6.20 Å². The second-order valence-corrected chi connectivity index (χ2v) is 7.79. The molecule has 0 aliphatic carbocycles. The van der Waals surface area contributed by atoms with Gasteiger partial charge in [-0.05, 0) is 31.9 Å². The number of ether oxygens (including phenoxy) is 1. The van der Waals surface area contributed by atoms with E-state index in [1.807, 2.05) is 30.3 Å². The normalized spacial score (nSPS) is 15.3. The SMILES string of the molecule is CCOC(=O)c1cnn(-c2ccccc2)c1NC(=O)CN1CCC(NC(C)C)CC1. The summed E-state index contributed by atoms with van der Waals surface area (Å²) in [5.74, 6) is -0.343. The molecule has 0 radical (unpaired) electrons. The van der Waals surface area contributed by atoms with Crippen molar-refractivity contribution in [2.45, 2.75) is 45.7 Å². The third-order valence-electron chi connectivity index (χ3n) is 5.05. The molecule has 1 saturated heterocycles. The lowest BCUT2D eigenvalue weighted by atomic mass is 10.0. The number of carbonyl (C=O) groups excluding carboxylic acids is 2. The average Bonchev–Trinajstić information content (AvgIpc) is 3.13. The zero-order chi connectivity index (χ0) is 21.5. The lowest BCUT2D eigenvalue weighted by Crippen LogP contribution is -2.46. The number of aromatic nitrogens is 2. The van der Waals surface area contributed by atoms with E-state index in [4.69, 9.17) is 4.74 Å². The second kappa shape index (κ2) is 10.4. The van der Waals surface area contributed by atoms with Crippen LogP contribution >= 0.6 is 0 Å². The molecule has 30 heavy (non-hydrogen) atoms. The van der Waals surface area contributed by atoms with Gasteiger partial charge in [-0.25, -0.2) is 9.48 Å². The molecule has 1 aliphatic heterocycles. The number of rotatable bonds is 8. The maximum atomic E-state index is 12.8. The molecule has 0 spiro atoms. The van der Waals surface area contributed by atoms with Gasteiger partial charge in [-0.2, -0.15) is 5.10 Å². The zero-order valence-electron chi connectivity index (χ0n) is 17.9. The van der Waals surface area contributed by atoms with Gasteiger partial charge < -0.3 is 15.4 Å². The van der Waals surface area contributed by atoms with E-state index in [-0.39, 0.29) is 24.6 Å². The Morgan fingerprint density at radius 1 is 1.20 bits per heavy atom. The molecule has 1 aromatic carbocycles. The highest BCUT2D eigenvalue weighted by molar-refractivity contribution is 6.01. The summed E-state index contributed by atoms with van der Waals surface area (Å²) < 4.78 is 6.69.